The summed E-state index contributed by atoms with van der Waals surface area (Å²) in [5, 5.41) is 30.6. The second-order valence-electron chi connectivity index (χ2n) is 8.94. The van der Waals surface area contributed by atoms with Gasteiger partial charge in [0.2, 0.25) is 9.84 Å². The van der Waals surface area contributed by atoms with E-state index in [4.69, 9.17) is 21.5 Å². The van der Waals surface area contributed by atoms with Gasteiger partial charge in [-0.1, -0.05) is 29.0 Å². The van der Waals surface area contributed by atoms with Gasteiger partial charge in [0.25, 0.3) is 5.91 Å². The molecule has 1 amide bonds. The minimum Gasteiger partial charge on any atom is -0.504 e. The van der Waals surface area contributed by atoms with E-state index in [2.05, 4.69) is 4.98 Å². The summed E-state index contributed by atoms with van der Waals surface area (Å²) in [4.78, 5) is 32.3. The molecule has 1 unspecified atom stereocenters. The summed E-state index contributed by atoms with van der Waals surface area (Å²) in [6, 6.07) is 14.2. The van der Waals surface area contributed by atoms with Crippen molar-refractivity contribution in [3.63, 3.8) is 0 Å². The van der Waals surface area contributed by atoms with Gasteiger partial charge in [0.05, 0.1) is 35.0 Å². The summed E-state index contributed by atoms with van der Waals surface area (Å²) < 4.78 is 31.9. The molecular formula is C28H22ClN3O8S2. The predicted molar refractivity (Wildman–Crippen MR) is 154 cm³/mol. The van der Waals surface area contributed by atoms with Crippen LogP contribution in [-0.4, -0.2) is 47.1 Å². The van der Waals surface area contributed by atoms with Gasteiger partial charge in [-0.15, -0.1) is 0 Å². The molecule has 1 atom stereocenters. The smallest absolute Gasteiger partial charge is 0.296 e. The molecule has 216 valence electrons. The quantitative estimate of drug-likeness (QED) is 0.141. The fourth-order valence-electron chi connectivity index (χ4n) is 4.39. The molecule has 0 fully saturated rings. The van der Waals surface area contributed by atoms with Crippen molar-refractivity contribution in [2.45, 2.75) is 22.1 Å². The van der Waals surface area contributed by atoms with Gasteiger partial charge in [0.1, 0.15) is 4.21 Å². The maximum Gasteiger partial charge on any atom is 0.296 e. The number of nitrogens with zero attached hydrogens (tertiary/aromatic N) is 2. The summed E-state index contributed by atoms with van der Waals surface area (Å²) in [7, 11) is -4.08. The molecule has 1 aliphatic heterocycles. The molecule has 1 aromatic heterocycles. The summed E-state index contributed by atoms with van der Waals surface area (Å²) in [6.45, 7) is 1.93. The molecule has 5 rings (SSSR count). The van der Waals surface area contributed by atoms with Crippen molar-refractivity contribution in [2.24, 2.45) is 0 Å². The number of aromatic nitrogens is 1. The Hall–Kier alpha value is -4.43. The van der Waals surface area contributed by atoms with Crippen molar-refractivity contribution in [3.8, 4) is 11.5 Å². The number of rotatable bonds is 9. The Balaban J connectivity index is 1.62. The van der Waals surface area contributed by atoms with Crippen LogP contribution in [0.5, 0.6) is 11.5 Å². The number of Topliss-reactive ketones (excluding diaryl/α,β-unsaturated/α-hetero) is 1. The van der Waals surface area contributed by atoms with Crippen LogP contribution in [0, 0.1) is 0 Å². The highest BCUT2D eigenvalue weighted by Gasteiger charge is 2.46. The molecule has 0 saturated heterocycles. The molecule has 42 heavy (non-hydrogen) atoms. The highest BCUT2D eigenvalue weighted by atomic mass is 35.5. The molecule has 0 aliphatic carbocycles. The fraction of sp³-hybridized carbons (Fsp3) is 0.107. The lowest BCUT2D eigenvalue weighted by Crippen LogP contribution is -2.31. The van der Waals surface area contributed by atoms with E-state index < -0.39 is 33.3 Å². The molecule has 0 bridgehead atoms. The summed E-state index contributed by atoms with van der Waals surface area (Å²) >= 11 is 6.64. The molecule has 0 radical (unpaired) electrons. The predicted octanol–water partition coefficient (Wildman–Crippen LogP) is 5.32. The van der Waals surface area contributed by atoms with Crippen LogP contribution < -0.4 is 15.1 Å². The highest BCUT2D eigenvalue weighted by Crippen LogP contribution is 2.45. The van der Waals surface area contributed by atoms with Crippen LogP contribution in [0.2, 0.25) is 5.02 Å². The van der Waals surface area contributed by atoms with E-state index in [-0.39, 0.29) is 54.7 Å². The van der Waals surface area contributed by atoms with E-state index in [0.29, 0.717) is 16.4 Å². The second kappa shape index (κ2) is 11.4. The number of halogens is 1. The second-order valence-corrected chi connectivity index (χ2v) is 12.6. The van der Waals surface area contributed by atoms with E-state index >= 15 is 0 Å². The molecule has 4 N–H and O–H groups in total. The van der Waals surface area contributed by atoms with Gasteiger partial charge in [-0.3, -0.25) is 25.2 Å². The monoisotopic (exact) mass is 627 g/mol. The largest absolute Gasteiger partial charge is 0.504 e. The molecule has 1 aliphatic rings. The Morgan fingerprint density at radius 1 is 1.10 bits per heavy atom. The number of hydrogen-bond donors (Lipinski definition) is 4. The molecular weight excluding hydrogens is 606 g/mol. The molecule has 4 aromatic rings. The van der Waals surface area contributed by atoms with Crippen molar-refractivity contribution in [3.05, 3.63) is 100 Å². The third kappa shape index (κ3) is 5.18. The summed E-state index contributed by atoms with van der Waals surface area (Å²) in [5.74, 6) is -2.58. The van der Waals surface area contributed by atoms with Crippen LogP contribution in [0.4, 0.5) is 10.8 Å². The van der Waals surface area contributed by atoms with Gasteiger partial charge in [0.15, 0.2) is 28.2 Å². The maximum atomic E-state index is 13.7. The van der Waals surface area contributed by atoms with Crippen LogP contribution in [0.1, 0.15) is 28.9 Å². The highest BCUT2D eigenvalue weighted by molar-refractivity contribution is 7.93. The number of sulfone groups is 1. The third-order valence-electron chi connectivity index (χ3n) is 6.40. The number of amides is 1. The average molecular weight is 628 g/mol. The molecule has 3 aromatic carbocycles. The Kier molecular flexibility index (Phi) is 7.93. The van der Waals surface area contributed by atoms with Crippen molar-refractivity contribution < 1.29 is 38.2 Å². The number of aliphatic hydroxyl groups excluding tert-OH is 1. The minimum absolute atomic E-state index is 0.0790. The van der Waals surface area contributed by atoms with Crippen LogP contribution >= 0.6 is 22.9 Å². The molecule has 0 spiro atoms. The number of phenols is 1. The number of anilines is 2. The van der Waals surface area contributed by atoms with E-state index in [1.54, 1.807) is 6.92 Å². The van der Waals surface area contributed by atoms with Gasteiger partial charge in [-0.25, -0.2) is 13.4 Å². The SMILES string of the molecule is CCOc1cc(C2C(C(=O)c3ccc(Cl)cc3)=C(O)C(=O)N2c2ncc(S(=O)(=O)c3ccc(NO)cc3)s2)ccc1O. The number of benzene rings is 3. The Morgan fingerprint density at radius 3 is 2.43 bits per heavy atom. The van der Waals surface area contributed by atoms with E-state index in [1.165, 1.54) is 66.7 Å². The lowest BCUT2D eigenvalue weighted by Gasteiger charge is -2.25. The van der Waals surface area contributed by atoms with E-state index in [9.17, 15) is 28.2 Å². The van der Waals surface area contributed by atoms with Crippen molar-refractivity contribution in [2.75, 3.05) is 17.0 Å². The fourth-order valence-corrected chi connectivity index (χ4v) is 7.06. The number of aliphatic hydroxyl groups is 1. The van der Waals surface area contributed by atoms with Gasteiger partial charge >= 0.3 is 0 Å². The zero-order valence-electron chi connectivity index (χ0n) is 21.7. The summed E-state index contributed by atoms with van der Waals surface area (Å²) in [6.07, 6.45) is 1.08. The summed E-state index contributed by atoms with van der Waals surface area (Å²) in [5.41, 5.74) is 2.36. The number of carbonyl (C=O) groups excluding carboxylic acids is 2. The first-order chi connectivity index (χ1) is 20.1. The maximum absolute atomic E-state index is 13.7. The first-order valence-electron chi connectivity index (χ1n) is 12.3. The third-order valence-corrected chi connectivity index (χ3v) is 9.87. The lowest BCUT2D eigenvalue weighted by atomic mass is 9.92. The van der Waals surface area contributed by atoms with Crippen molar-refractivity contribution >= 4 is 55.3 Å². The van der Waals surface area contributed by atoms with E-state index in [0.717, 1.165) is 11.1 Å². The van der Waals surface area contributed by atoms with Gasteiger partial charge < -0.3 is 14.9 Å². The Labute approximate surface area is 248 Å². The topological polar surface area (TPSA) is 166 Å². The minimum atomic E-state index is -4.08. The number of ether oxygens (including phenoxy) is 1. The normalized spacial score (nSPS) is 15.3. The number of ketones is 1. The van der Waals surface area contributed by atoms with Crippen LogP contribution in [0.15, 0.2) is 93.4 Å². The number of aromatic hydroxyl groups is 1. The number of thiazole rings is 1. The number of phenolic OH excluding ortho intramolecular Hbond substituents is 1. The van der Waals surface area contributed by atoms with Gasteiger partial charge in [0, 0.05) is 10.6 Å². The lowest BCUT2D eigenvalue weighted by molar-refractivity contribution is -0.117. The first kappa shape index (κ1) is 29.1. The first-order valence-corrected chi connectivity index (χ1v) is 15.0. The Morgan fingerprint density at radius 2 is 1.79 bits per heavy atom. The standard InChI is InChI=1S/C28H22ClN3O8S2/c1-2-40-21-13-16(5-12-20(21)33)24-23(25(34)15-3-6-17(29)7-4-15)26(35)27(36)32(24)28-30-14-22(41-28)42(38,39)19-10-8-18(31-37)9-11-19/h3-14,24,31,33,35,37H,2H2,1H3. The number of nitrogens with one attached hydrogen (secondary N) is 1. The van der Waals surface area contributed by atoms with Crippen molar-refractivity contribution in [1.29, 1.82) is 0 Å². The van der Waals surface area contributed by atoms with Gasteiger partial charge in [-0.05, 0) is 73.2 Å². The number of hydrogen-bond acceptors (Lipinski definition) is 11. The van der Waals surface area contributed by atoms with Crippen molar-refractivity contribution in [1.82, 2.24) is 4.98 Å². The van der Waals surface area contributed by atoms with Gasteiger partial charge in [-0.2, -0.15) is 0 Å². The Bertz CT molecular complexity index is 1820. The average Bonchev–Trinajstić information content (AvgIpc) is 3.58. The zero-order chi connectivity index (χ0) is 30.2. The van der Waals surface area contributed by atoms with E-state index in [1.807, 2.05) is 5.48 Å². The number of carbonyl (C=O) groups is 2. The van der Waals surface area contributed by atoms with Crippen LogP contribution in [0.3, 0.4) is 0 Å². The molecule has 0 saturated carbocycles. The zero-order valence-corrected chi connectivity index (χ0v) is 24.1. The molecule has 11 nitrogen and oxygen atoms in total. The van der Waals surface area contributed by atoms with Crippen LogP contribution in [0.25, 0.3) is 0 Å². The molecule has 2 heterocycles. The van der Waals surface area contributed by atoms with Crippen LogP contribution in [-0.2, 0) is 14.6 Å². The molecule has 14 heteroatoms.